The highest BCUT2D eigenvalue weighted by molar-refractivity contribution is 14.0. The predicted octanol–water partition coefficient (Wildman–Crippen LogP) is 3.77. The summed E-state index contributed by atoms with van der Waals surface area (Å²) in [7, 11) is 0. The Morgan fingerprint density at radius 3 is 2.54 bits per heavy atom. The van der Waals surface area contributed by atoms with Gasteiger partial charge in [-0.05, 0) is 62.2 Å². The molecule has 0 amide bonds. The maximum atomic E-state index is 9.41. The summed E-state index contributed by atoms with van der Waals surface area (Å²) in [5.74, 6) is 1.45. The molecule has 0 aromatic heterocycles. The van der Waals surface area contributed by atoms with E-state index in [1.165, 1.54) is 0 Å². The third kappa shape index (κ3) is 7.08. The lowest BCUT2D eigenvalue weighted by Gasteiger charge is -2.11. The van der Waals surface area contributed by atoms with Gasteiger partial charge < -0.3 is 20.9 Å². The molecule has 0 fully saturated rings. The van der Waals surface area contributed by atoms with Gasteiger partial charge in [0.25, 0.3) is 0 Å². The van der Waals surface area contributed by atoms with Crippen LogP contribution < -0.4 is 15.8 Å². The average molecular weight is 441 g/mol. The van der Waals surface area contributed by atoms with Crippen molar-refractivity contribution in [1.82, 2.24) is 0 Å². The highest BCUT2D eigenvalue weighted by Gasteiger charge is 1.99. The number of ether oxygens (including phenoxy) is 1. The number of nitrogens with two attached hydrogens (primary N) is 1. The number of hydrogen-bond acceptors (Lipinski definition) is 3. The van der Waals surface area contributed by atoms with Gasteiger partial charge in [0.1, 0.15) is 11.5 Å². The van der Waals surface area contributed by atoms with Gasteiger partial charge in [-0.25, -0.2) is 0 Å². The summed E-state index contributed by atoms with van der Waals surface area (Å²) in [6, 6.07) is 14.7. The maximum absolute atomic E-state index is 9.41. The first-order valence-electron chi connectivity index (χ1n) is 7.64. The van der Waals surface area contributed by atoms with E-state index in [2.05, 4.69) is 10.3 Å². The zero-order chi connectivity index (χ0) is 16.7. The molecular formula is C18H24IN3O2. The average Bonchev–Trinajstić information content (AvgIpc) is 2.49. The maximum Gasteiger partial charge on any atom is 0.193 e. The van der Waals surface area contributed by atoms with Crippen LogP contribution in [0.1, 0.15) is 19.4 Å². The Labute approximate surface area is 160 Å². The molecule has 6 heteroatoms. The molecule has 0 radical (unpaired) electrons. The molecule has 0 saturated heterocycles. The molecule has 0 aliphatic rings. The van der Waals surface area contributed by atoms with Crippen molar-refractivity contribution in [3.63, 3.8) is 0 Å². The number of rotatable bonds is 6. The molecule has 4 N–H and O–H groups in total. The number of benzene rings is 2. The number of phenols is 1. The molecule has 2 aromatic rings. The van der Waals surface area contributed by atoms with E-state index in [0.29, 0.717) is 12.5 Å². The van der Waals surface area contributed by atoms with Gasteiger partial charge in [-0.3, -0.25) is 4.99 Å². The molecule has 24 heavy (non-hydrogen) atoms. The lowest BCUT2D eigenvalue weighted by Crippen LogP contribution is -2.23. The third-order valence-corrected chi connectivity index (χ3v) is 3.09. The minimum absolute atomic E-state index is 0. The van der Waals surface area contributed by atoms with Gasteiger partial charge in [-0.1, -0.05) is 12.1 Å². The van der Waals surface area contributed by atoms with E-state index in [1.807, 2.05) is 50.2 Å². The summed E-state index contributed by atoms with van der Waals surface area (Å²) in [5.41, 5.74) is 7.76. The van der Waals surface area contributed by atoms with E-state index in [4.69, 9.17) is 10.5 Å². The van der Waals surface area contributed by atoms with Crippen LogP contribution in [-0.2, 0) is 6.42 Å². The lowest BCUT2D eigenvalue weighted by atomic mass is 10.1. The Bertz CT molecular complexity index is 658. The van der Waals surface area contributed by atoms with E-state index in [-0.39, 0.29) is 35.8 Å². The first kappa shape index (κ1) is 20.1. The molecule has 0 bridgehead atoms. The van der Waals surface area contributed by atoms with Gasteiger partial charge in [0.05, 0.1) is 6.10 Å². The lowest BCUT2D eigenvalue weighted by molar-refractivity contribution is 0.242. The van der Waals surface area contributed by atoms with E-state index in [0.717, 1.165) is 23.4 Å². The van der Waals surface area contributed by atoms with E-state index in [9.17, 15) is 5.11 Å². The summed E-state index contributed by atoms with van der Waals surface area (Å²) in [5, 5.41) is 12.5. The molecule has 0 aliphatic heterocycles. The third-order valence-electron chi connectivity index (χ3n) is 3.09. The number of halogens is 1. The van der Waals surface area contributed by atoms with Crippen molar-refractivity contribution in [3.05, 3.63) is 54.1 Å². The molecular weight excluding hydrogens is 417 g/mol. The van der Waals surface area contributed by atoms with Crippen molar-refractivity contribution in [2.24, 2.45) is 10.7 Å². The van der Waals surface area contributed by atoms with Gasteiger partial charge in [0, 0.05) is 12.2 Å². The molecule has 2 rings (SSSR count). The smallest absolute Gasteiger partial charge is 0.193 e. The Hall–Kier alpha value is -1.96. The summed E-state index contributed by atoms with van der Waals surface area (Å²) in [4.78, 5) is 4.29. The normalized spacial score (nSPS) is 11.0. The fraction of sp³-hybridized carbons (Fsp3) is 0.278. The molecule has 0 spiro atoms. The van der Waals surface area contributed by atoms with Crippen molar-refractivity contribution < 1.29 is 9.84 Å². The molecule has 0 heterocycles. The SMILES string of the molecule is CC(C)Oc1ccc(NC(N)=NCCc2cccc(O)c2)cc1.I. The molecule has 2 aromatic carbocycles. The van der Waals surface area contributed by atoms with E-state index >= 15 is 0 Å². The van der Waals surface area contributed by atoms with Crippen LogP contribution in [-0.4, -0.2) is 23.7 Å². The number of hydrogen-bond donors (Lipinski definition) is 3. The molecule has 0 aliphatic carbocycles. The van der Waals surface area contributed by atoms with Crippen molar-refractivity contribution in [2.75, 3.05) is 11.9 Å². The summed E-state index contributed by atoms with van der Waals surface area (Å²) < 4.78 is 5.59. The molecule has 5 nitrogen and oxygen atoms in total. The van der Waals surface area contributed by atoms with Crippen molar-refractivity contribution >= 4 is 35.6 Å². The highest BCUT2D eigenvalue weighted by Crippen LogP contribution is 2.16. The number of anilines is 1. The van der Waals surface area contributed by atoms with Crippen LogP contribution in [0.25, 0.3) is 0 Å². The zero-order valence-electron chi connectivity index (χ0n) is 13.9. The zero-order valence-corrected chi connectivity index (χ0v) is 16.2. The van der Waals surface area contributed by atoms with Gasteiger partial charge in [-0.2, -0.15) is 0 Å². The molecule has 130 valence electrons. The van der Waals surface area contributed by atoms with Crippen LogP contribution in [0.4, 0.5) is 5.69 Å². The Kier molecular flexibility index (Phi) is 8.39. The molecule has 0 saturated carbocycles. The second-order valence-corrected chi connectivity index (χ2v) is 5.50. The minimum atomic E-state index is 0. The predicted molar refractivity (Wildman–Crippen MR) is 110 cm³/mol. The standard InChI is InChI=1S/C18H23N3O2.HI/c1-13(2)23-17-8-6-15(7-9-17)21-18(19)20-11-10-14-4-3-5-16(22)12-14;/h3-9,12-13,22H,10-11H2,1-2H3,(H3,19,20,21);1H. The van der Waals surface area contributed by atoms with Crippen molar-refractivity contribution in [1.29, 1.82) is 0 Å². The Morgan fingerprint density at radius 2 is 1.92 bits per heavy atom. The quantitative estimate of drug-likeness (QED) is 0.362. The van der Waals surface area contributed by atoms with Crippen LogP contribution in [0.2, 0.25) is 0 Å². The first-order chi connectivity index (χ1) is 11.0. The van der Waals surface area contributed by atoms with Gasteiger partial charge >= 0.3 is 0 Å². The van der Waals surface area contributed by atoms with Crippen molar-refractivity contribution in [2.45, 2.75) is 26.4 Å². The van der Waals surface area contributed by atoms with Crippen molar-refractivity contribution in [3.8, 4) is 11.5 Å². The second kappa shape index (κ2) is 10.0. The van der Waals surface area contributed by atoms with Gasteiger partial charge in [0.15, 0.2) is 5.96 Å². The number of nitrogens with zero attached hydrogens (tertiary/aromatic N) is 1. The van der Waals surface area contributed by atoms with E-state index < -0.39 is 0 Å². The van der Waals surface area contributed by atoms with Crippen LogP contribution in [0, 0.1) is 0 Å². The first-order valence-corrected chi connectivity index (χ1v) is 7.64. The topological polar surface area (TPSA) is 79.9 Å². The number of aromatic hydroxyl groups is 1. The number of phenolic OH excluding ortho intramolecular Hbond substituents is 1. The van der Waals surface area contributed by atoms with Gasteiger partial charge in [0.2, 0.25) is 0 Å². The van der Waals surface area contributed by atoms with Gasteiger partial charge in [-0.15, -0.1) is 24.0 Å². The Morgan fingerprint density at radius 1 is 1.21 bits per heavy atom. The Balaban J connectivity index is 0.00000288. The monoisotopic (exact) mass is 441 g/mol. The molecule has 0 unspecified atom stereocenters. The highest BCUT2D eigenvalue weighted by atomic mass is 127. The second-order valence-electron chi connectivity index (χ2n) is 5.50. The van der Waals surface area contributed by atoms with Crippen LogP contribution in [0.3, 0.4) is 0 Å². The number of nitrogens with one attached hydrogen (secondary N) is 1. The summed E-state index contributed by atoms with van der Waals surface area (Å²) in [6.07, 6.45) is 0.871. The summed E-state index contributed by atoms with van der Waals surface area (Å²) in [6.45, 7) is 4.53. The fourth-order valence-electron chi connectivity index (χ4n) is 2.09. The fourth-order valence-corrected chi connectivity index (χ4v) is 2.09. The van der Waals surface area contributed by atoms with Crippen LogP contribution in [0.5, 0.6) is 11.5 Å². The largest absolute Gasteiger partial charge is 0.508 e. The van der Waals surface area contributed by atoms with E-state index in [1.54, 1.807) is 12.1 Å². The minimum Gasteiger partial charge on any atom is -0.508 e. The number of aliphatic imine (C=N–C) groups is 1. The summed E-state index contributed by atoms with van der Waals surface area (Å²) >= 11 is 0. The van der Waals surface area contributed by atoms with Crippen LogP contribution in [0.15, 0.2) is 53.5 Å². The number of guanidine groups is 1. The molecule has 0 atom stereocenters. The van der Waals surface area contributed by atoms with Crippen LogP contribution >= 0.6 is 24.0 Å².